The number of nitrogens with two attached hydrogens (primary N) is 1. The molecule has 0 unspecified atom stereocenters. The highest BCUT2D eigenvalue weighted by atomic mass is 16.5. The fourth-order valence-electron chi connectivity index (χ4n) is 4.06. The summed E-state index contributed by atoms with van der Waals surface area (Å²) in [4.78, 5) is 14.1. The molecule has 0 saturated carbocycles. The van der Waals surface area contributed by atoms with E-state index in [9.17, 15) is 4.79 Å². The van der Waals surface area contributed by atoms with Crippen LogP contribution < -0.4 is 16.0 Å². The molecule has 0 spiro atoms. The SMILES string of the molecule is CCOC(=O)Nc1cccc(-c2c(N)c3cc(N4CCOCC4)ccc3n2CC)c1. The highest BCUT2D eigenvalue weighted by Crippen LogP contribution is 2.38. The van der Waals surface area contributed by atoms with Gasteiger partial charge in [0.25, 0.3) is 0 Å². The molecule has 1 saturated heterocycles. The zero-order valence-corrected chi connectivity index (χ0v) is 17.5. The number of ether oxygens (including phenoxy) is 2. The lowest BCUT2D eigenvalue weighted by Gasteiger charge is -2.28. The van der Waals surface area contributed by atoms with Crippen LogP contribution in [0.3, 0.4) is 0 Å². The summed E-state index contributed by atoms with van der Waals surface area (Å²) in [6, 6.07) is 14.2. The van der Waals surface area contributed by atoms with Crippen molar-refractivity contribution in [2.24, 2.45) is 0 Å². The van der Waals surface area contributed by atoms with Crippen LogP contribution >= 0.6 is 0 Å². The molecule has 4 rings (SSSR count). The molecule has 0 atom stereocenters. The van der Waals surface area contributed by atoms with E-state index in [0.717, 1.165) is 66.4 Å². The Kier molecular flexibility index (Phi) is 5.81. The summed E-state index contributed by atoms with van der Waals surface area (Å²) in [6.07, 6.45) is -0.464. The Labute approximate surface area is 176 Å². The minimum atomic E-state index is -0.464. The number of carbonyl (C=O) groups excluding carboxylic acids is 1. The highest BCUT2D eigenvalue weighted by molar-refractivity contribution is 6.02. The zero-order chi connectivity index (χ0) is 21.1. The summed E-state index contributed by atoms with van der Waals surface area (Å²) in [6.45, 7) is 8.26. The summed E-state index contributed by atoms with van der Waals surface area (Å²) in [5.74, 6) is 0. The largest absolute Gasteiger partial charge is 0.450 e. The Morgan fingerprint density at radius 1 is 1.17 bits per heavy atom. The number of anilines is 3. The molecule has 158 valence electrons. The number of morpholine rings is 1. The second-order valence-electron chi connectivity index (χ2n) is 7.23. The van der Waals surface area contributed by atoms with Gasteiger partial charge >= 0.3 is 6.09 Å². The molecule has 0 bridgehead atoms. The van der Waals surface area contributed by atoms with E-state index in [-0.39, 0.29) is 0 Å². The fourth-order valence-corrected chi connectivity index (χ4v) is 4.06. The molecule has 1 aliphatic heterocycles. The van der Waals surface area contributed by atoms with E-state index in [1.807, 2.05) is 24.3 Å². The maximum absolute atomic E-state index is 11.8. The van der Waals surface area contributed by atoms with E-state index in [0.29, 0.717) is 12.3 Å². The molecule has 1 aliphatic rings. The van der Waals surface area contributed by atoms with E-state index in [1.54, 1.807) is 6.92 Å². The van der Waals surface area contributed by atoms with Crippen LogP contribution in [0.1, 0.15) is 13.8 Å². The van der Waals surface area contributed by atoms with Gasteiger partial charge in [-0.05, 0) is 44.2 Å². The predicted octanol–water partition coefficient (Wildman–Crippen LogP) is 4.32. The summed E-state index contributed by atoms with van der Waals surface area (Å²) in [5, 5.41) is 3.81. The Bertz CT molecular complexity index is 1050. The number of benzene rings is 2. The van der Waals surface area contributed by atoms with Crippen LogP contribution in [-0.4, -0.2) is 43.6 Å². The zero-order valence-electron chi connectivity index (χ0n) is 17.5. The lowest BCUT2D eigenvalue weighted by molar-refractivity contribution is 0.122. The molecule has 1 fully saturated rings. The summed E-state index contributed by atoms with van der Waals surface area (Å²) in [7, 11) is 0. The first-order valence-electron chi connectivity index (χ1n) is 10.4. The Hall–Kier alpha value is -3.19. The third-order valence-corrected chi connectivity index (χ3v) is 5.44. The van der Waals surface area contributed by atoms with Gasteiger partial charge in [-0.3, -0.25) is 5.32 Å². The number of aryl methyl sites for hydroxylation is 1. The van der Waals surface area contributed by atoms with Crippen molar-refractivity contribution < 1.29 is 14.3 Å². The number of fused-ring (bicyclic) bond motifs is 1. The van der Waals surface area contributed by atoms with Crippen molar-refractivity contribution in [2.45, 2.75) is 20.4 Å². The predicted molar refractivity (Wildman–Crippen MR) is 121 cm³/mol. The molecule has 7 heteroatoms. The van der Waals surface area contributed by atoms with Gasteiger partial charge in [-0.1, -0.05) is 12.1 Å². The van der Waals surface area contributed by atoms with E-state index in [1.165, 1.54) is 0 Å². The van der Waals surface area contributed by atoms with Crippen LogP contribution in [0.2, 0.25) is 0 Å². The maximum Gasteiger partial charge on any atom is 0.411 e. The van der Waals surface area contributed by atoms with E-state index in [2.05, 4.69) is 39.9 Å². The molecule has 3 aromatic rings. The lowest BCUT2D eigenvalue weighted by Crippen LogP contribution is -2.36. The quantitative estimate of drug-likeness (QED) is 0.657. The third kappa shape index (κ3) is 3.80. The summed E-state index contributed by atoms with van der Waals surface area (Å²) < 4.78 is 12.7. The van der Waals surface area contributed by atoms with Crippen molar-refractivity contribution >= 4 is 34.1 Å². The third-order valence-electron chi connectivity index (χ3n) is 5.44. The second kappa shape index (κ2) is 8.67. The van der Waals surface area contributed by atoms with Crippen molar-refractivity contribution in [3.8, 4) is 11.3 Å². The molecule has 0 radical (unpaired) electrons. The van der Waals surface area contributed by atoms with Gasteiger partial charge in [0, 0.05) is 42.0 Å². The number of hydrogen-bond acceptors (Lipinski definition) is 5. The number of nitrogen functional groups attached to an aromatic ring is 1. The lowest BCUT2D eigenvalue weighted by atomic mass is 10.1. The van der Waals surface area contributed by atoms with Crippen LogP contribution in [0, 0.1) is 0 Å². The van der Waals surface area contributed by atoms with Gasteiger partial charge in [-0.25, -0.2) is 4.79 Å². The molecule has 1 amide bonds. The number of amides is 1. The first kappa shape index (κ1) is 20.1. The minimum Gasteiger partial charge on any atom is -0.450 e. The van der Waals surface area contributed by atoms with Gasteiger partial charge in [0.05, 0.1) is 36.7 Å². The minimum absolute atomic E-state index is 0.327. The Morgan fingerprint density at radius 3 is 2.70 bits per heavy atom. The van der Waals surface area contributed by atoms with Crippen molar-refractivity contribution in [2.75, 3.05) is 48.9 Å². The first-order valence-corrected chi connectivity index (χ1v) is 10.4. The molecule has 0 aliphatic carbocycles. The first-order chi connectivity index (χ1) is 14.6. The summed E-state index contributed by atoms with van der Waals surface area (Å²) in [5.41, 5.74) is 12.3. The van der Waals surface area contributed by atoms with Crippen molar-refractivity contribution in [1.29, 1.82) is 0 Å². The molecule has 2 heterocycles. The fraction of sp³-hybridized carbons (Fsp3) is 0.348. The monoisotopic (exact) mass is 408 g/mol. The van der Waals surface area contributed by atoms with Gasteiger partial charge in [0.2, 0.25) is 0 Å². The Morgan fingerprint density at radius 2 is 1.97 bits per heavy atom. The van der Waals surface area contributed by atoms with E-state index in [4.69, 9.17) is 15.2 Å². The average molecular weight is 409 g/mol. The molecule has 2 aromatic carbocycles. The van der Waals surface area contributed by atoms with Crippen LogP contribution in [0.15, 0.2) is 42.5 Å². The standard InChI is InChI=1S/C23H28N4O3/c1-3-27-20-9-8-18(26-10-12-29-13-11-26)15-19(20)21(24)22(27)16-6-5-7-17(14-16)25-23(28)30-4-2/h5-9,14-15H,3-4,10-13,24H2,1-2H3,(H,25,28). The second-order valence-corrected chi connectivity index (χ2v) is 7.23. The molecule has 1 aromatic heterocycles. The van der Waals surface area contributed by atoms with Crippen LogP contribution in [0.4, 0.5) is 21.9 Å². The van der Waals surface area contributed by atoms with Crippen molar-refractivity contribution in [3.05, 3.63) is 42.5 Å². The summed E-state index contributed by atoms with van der Waals surface area (Å²) >= 11 is 0. The Balaban J connectivity index is 1.75. The molecule has 30 heavy (non-hydrogen) atoms. The van der Waals surface area contributed by atoms with E-state index >= 15 is 0 Å². The average Bonchev–Trinajstić information content (AvgIpc) is 3.06. The molecular weight excluding hydrogens is 380 g/mol. The normalized spacial score (nSPS) is 14.1. The van der Waals surface area contributed by atoms with Gasteiger partial charge in [0.1, 0.15) is 0 Å². The topological polar surface area (TPSA) is 81.8 Å². The van der Waals surface area contributed by atoms with Gasteiger partial charge in [0.15, 0.2) is 0 Å². The molecular formula is C23H28N4O3. The van der Waals surface area contributed by atoms with Crippen molar-refractivity contribution in [1.82, 2.24) is 4.57 Å². The number of rotatable bonds is 5. The van der Waals surface area contributed by atoms with Crippen LogP contribution in [0.25, 0.3) is 22.2 Å². The van der Waals surface area contributed by atoms with Crippen LogP contribution in [-0.2, 0) is 16.0 Å². The van der Waals surface area contributed by atoms with Gasteiger partial charge in [-0.15, -0.1) is 0 Å². The number of hydrogen-bond donors (Lipinski definition) is 2. The maximum atomic E-state index is 11.8. The molecule has 3 N–H and O–H groups in total. The van der Waals surface area contributed by atoms with Gasteiger partial charge < -0.3 is 24.7 Å². The highest BCUT2D eigenvalue weighted by Gasteiger charge is 2.19. The van der Waals surface area contributed by atoms with Crippen molar-refractivity contribution in [3.63, 3.8) is 0 Å². The number of nitrogens with one attached hydrogen (secondary N) is 1. The number of aromatic nitrogens is 1. The number of nitrogens with zero attached hydrogens (tertiary/aromatic N) is 2. The smallest absolute Gasteiger partial charge is 0.411 e. The molecule has 7 nitrogen and oxygen atoms in total. The number of carbonyl (C=O) groups is 1. The van der Waals surface area contributed by atoms with E-state index < -0.39 is 6.09 Å². The van der Waals surface area contributed by atoms with Gasteiger partial charge in [-0.2, -0.15) is 0 Å². The van der Waals surface area contributed by atoms with Crippen LogP contribution in [0.5, 0.6) is 0 Å².